The number of aromatic nitrogens is 2. The number of carbonyl (C=O) groups is 3. The molecule has 0 saturated carbocycles. The predicted octanol–water partition coefficient (Wildman–Crippen LogP) is 4.54. The number of aryl methyl sites for hydroxylation is 1. The molecule has 3 aromatic rings. The number of hydrogen-bond donors (Lipinski definition) is 1. The fourth-order valence-electron chi connectivity index (χ4n) is 3.83. The summed E-state index contributed by atoms with van der Waals surface area (Å²) in [6, 6.07) is 6.93. The minimum Gasteiger partial charge on any atom is -0.497 e. The molecule has 0 atom stereocenters. The van der Waals surface area contributed by atoms with Crippen LogP contribution in [0.15, 0.2) is 35.8 Å². The van der Waals surface area contributed by atoms with Crippen molar-refractivity contribution in [1.82, 2.24) is 14.9 Å². The second-order valence-corrected chi connectivity index (χ2v) is 10.2. The Balaban J connectivity index is 1.24. The van der Waals surface area contributed by atoms with E-state index in [1.807, 2.05) is 11.8 Å². The van der Waals surface area contributed by atoms with Crippen LogP contribution in [0.3, 0.4) is 0 Å². The quantitative estimate of drug-likeness (QED) is 0.458. The monoisotopic (exact) mass is 498 g/mol. The van der Waals surface area contributed by atoms with Gasteiger partial charge in [-0.3, -0.25) is 19.7 Å². The lowest BCUT2D eigenvalue weighted by atomic mass is 9.97. The van der Waals surface area contributed by atoms with Crippen molar-refractivity contribution in [3.8, 4) is 5.75 Å². The fourth-order valence-corrected chi connectivity index (χ4v) is 5.46. The van der Waals surface area contributed by atoms with Crippen LogP contribution in [0.2, 0.25) is 0 Å². The maximum atomic E-state index is 12.6. The first-order valence-electron chi connectivity index (χ1n) is 11.1. The van der Waals surface area contributed by atoms with Gasteiger partial charge >= 0.3 is 0 Å². The van der Waals surface area contributed by atoms with Crippen molar-refractivity contribution in [2.45, 2.75) is 38.5 Å². The first-order chi connectivity index (χ1) is 16.4. The van der Waals surface area contributed by atoms with Gasteiger partial charge in [-0.25, -0.2) is 9.97 Å². The number of benzene rings is 1. The molecule has 34 heavy (non-hydrogen) atoms. The maximum absolute atomic E-state index is 12.6. The summed E-state index contributed by atoms with van der Waals surface area (Å²) in [5, 5.41) is 6.04. The van der Waals surface area contributed by atoms with Crippen molar-refractivity contribution in [1.29, 1.82) is 0 Å². The molecule has 10 heteroatoms. The van der Waals surface area contributed by atoms with Crippen molar-refractivity contribution in [2.75, 3.05) is 25.5 Å². The summed E-state index contributed by atoms with van der Waals surface area (Å²) in [6.45, 7) is 3.18. The Bertz CT molecular complexity index is 1160. The van der Waals surface area contributed by atoms with Gasteiger partial charge in [-0.05, 0) is 44.0 Å². The molecule has 0 bridgehead atoms. The molecule has 0 radical (unpaired) electrons. The number of likely N-dealkylation sites (tertiary alicyclic amines) is 1. The average molecular weight is 499 g/mol. The Kier molecular flexibility index (Phi) is 7.69. The van der Waals surface area contributed by atoms with Crippen molar-refractivity contribution >= 4 is 45.4 Å². The second-order valence-electron chi connectivity index (χ2n) is 8.11. The zero-order valence-corrected chi connectivity index (χ0v) is 20.7. The van der Waals surface area contributed by atoms with Crippen LogP contribution in [0.1, 0.15) is 62.3 Å². The van der Waals surface area contributed by atoms with Crippen molar-refractivity contribution in [3.05, 3.63) is 57.0 Å². The summed E-state index contributed by atoms with van der Waals surface area (Å²) >= 11 is 2.90. The van der Waals surface area contributed by atoms with E-state index in [9.17, 15) is 14.4 Å². The fraction of sp³-hybridized carbons (Fsp3) is 0.375. The van der Waals surface area contributed by atoms with Crippen LogP contribution in [0.5, 0.6) is 5.75 Å². The highest BCUT2D eigenvalue weighted by Gasteiger charge is 2.26. The van der Waals surface area contributed by atoms with Gasteiger partial charge in [-0.1, -0.05) is 0 Å². The zero-order valence-electron chi connectivity index (χ0n) is 19.1. The Morgan fingerprint density at radius 2 is 1.88 bits per heavy atom. The van der Waals surface area contributed by atoms with Gasteiger partial charge < -0.3 is 9.64 Å². The van der Waals surface area contributed by atoms with Crippen LogP contribution in [-0.2, 0) is 4.79 Å². The number of nitrogens with zero attached hydrogens (tertiary/aromatic N) is 3. The number of piperidine rings is 1. The minimum atomic E-state index is -0.258. The van der Waals surface area contributed by atoms with Crippen molar-refractivity contribution < 1.29 is 19.1 Å². The molecule has 1 aliphatic heterocycles. The Morgan fingerprint density at radius 1 is 1.15 bits per heavy atom. The number of Topliss-reactive ketones (excluding diaryl/α,β-unsaturated/α-hetero) is 1. The zero-order chi connectivity index (χ0) is 24.1. The lowest BCUT2D eigenvalue weighted by Gasteiger charge is -2.31. The molecular weight excluding hydrogens is 472 g/mol. The van der Waals surface area contributed by atoms with E-state index in [2.05, 4.69) is 15.3 Å². The molecule has 3 heterocycles. The van der Waals surface area contributed by atoms with E-state index < -0.39 is 0 Å². The summed E-state index contributed by atoms with van der Waals surface area (Å²) in [7, 11) is 1.58. The molecule has 0 spiro atoms. The molecule has 2 aromatic heterocycles. The molecule has 1 saturated heterocycles. The molecule has 1 fully saturated rings. The van der Waals surface area contributed by atoms with Crippen LogP contribution < -0.4 is 10.1 Å². The van der Waals surface area contributed by atoms with Gasteiger partial charge in [-0.2, -0.15) is 0 Å². The van der Waals surface area contributed by atoms with E-state index in [1.165, 1.54) is 22.7 Å². The first kappa shape index (κ1) is 24.0. The predicted molar refractivity (Wildman–Crippen MR) is 132 cm³/mol. The number of rotatable bonds is 8. The van der Waals surface area contributed by atoms with E-state index >= 15 is 0 Å². The summed E-state index contributed by atoms with van der Waals surface area (Å²) in [5.74, 6) is 0.605. The topological polar surface area (TPSA) is 101 Å². The van der Waals surface area contributed by atoms with Crippen molar-refractivity contribution in [3.63, 3.8) is 0 Å². The third-order valence-corrected chi connectivity index (χ3v) is 7.61. The van der Waals surface area contributed by atoms with Crippen LogP contribution in [0.25, 0.3) is 0 Å². The number of hydrogen-bond acceptors (Lipinski definition) is 8. The molecule has 0 unspecified atom stereocenters. The molecule has 178 valence electrons. The molecule has 0 aliphatic carbocycles. The molecule has 1 N–H and O–H groups in total. The Labute approximate surface area is 206 Å². The number of thiazole rings is 2. The molecule has 4 rings (SSSR count). The molecule has 1 aliphatic rings. The Morgan fingerprint density at radius 3 is 2.53 bits per heavy atom. The molecule has 2 amide bonds. The van der Waals surface area contributed by atoms with Gasteiger partial charge in [0.25, 0.3) is 5.91 Å². The Hall–Kier alpha value is -3.11. The lowest BCUT2D eigenvalue weighted by molar-refractivity contribution is -0.132. The van der Waals surface area contributed by atoms with E-state index in [0.29, 0.717) is 35.2 Å². The standard InChI is InChI=1S/C24H26N4O4S2/c1-15-13-25-24(34-15)27-22(31)19-14-33-23(26-19)17-9-11-28(12-10-17)21(30)8-7-20(29)16-3-5-18(32-2)6-4-16/h3-6,13-14,17H,7-12H2,1-2H3,(H,25,27,31). The molecular formula is C24H26N4O4S2. The molecule has 1 aromatic carbocycles. The van der Waals surface area contributed by atoms with Gasteiger partial charge in [0.2, 0.25) is 5.91 Å². The minimum absolute atomic E-state index is 0.00161. The normalized spacial score (nSPS) is 14.1. The number of carbonyl (C=O) groups excluding carboxylic acids is 3. The van der Waals surface area contributed by atoms with Gasteiger partial charge in [-0.15, -0.1) is 22.7 Å². The largest absolute Gasteiger partial charge is 0.497 e. The van der Waals surface area contributed by atoms with Gasteiger partial charge in [0.05, 0.1) is 12.1 Å². The highest BCUT2D eigenvalue weighted by molar-refractivity contribution is 7.15. The number of ether oxygens (including phenoxy) is 1. The third kappa shape index (κ3) is 5.87. The highest BCUT2D eigenvalue weighted by Crippen LogP contribution is 2.31. The summed E-state index contributed by atoms with van der Waals surface area (Å²) < 4.78 is 5.11. The van der Waals surface area contributed by atoms with E-state index in [4.69, 9.17) is 4.74 Å². The van der Waals surface area contributed by atoms with Crippen LogP contribution >= 0.6 is 22.7 Å². The average Bonchev–Trinajstić information content (AvgIpc) is 3.52. The second kappa shape index (κ2) is 10.9. The number of nitrogens with one attached hydrogen (secondary N) is 1. The van der Waals surface area contributed by atoms with Gasteiger partial charge in [0, 0.05) is 53.9 Å². The molecule has 8 nitrogen and oxygen atoms in total. The van der Waals surface area contributed by atoms with E-state index in [0.717, 1.165) is 22.7 Å². The number of amides is 2. The number of ketones is 1. The van der Waals surface area contributed by atoms with Gasteiger partial charge in [0.1, 0.15) is 11.4 Å². The maximum Gasteiger partial charge on any atom is 0.276 e. The number of methoxy groups -OCH3 is 1. The van der Waals surface area contributed by atoms with E-state index in [1.54, 1.807) is 43.0 Å². The van der Waals surface area contributed by atoms with Crippen LogP contribution in [-0.4, -0.2) is 52.7 Å². The van der Waals surface area contributed by atoms with Crippen LogP contribution in [0, 0.1) is 6.92 Å². The summed E-state index contributed by atoms with van der Waals surface area (Å²) in [4.78, 5) is 49.0. The summed E-state index contributed by atoms with van der Waals surface area (Å²) in [6.07, 6.45) is 3.69. The van der Waals surface area contributed by atoms with Gasteiger partial charge in [0.15, 0.2) is 10.9 Å². The lowest BCUT2D eigenvalue weighted by Crippen LogP contribution is -2.38. The van der Waals surface area contributed by atoms with E-state index in [-0.39, 0.29) is 36.4 Å². The summed E-state index contributed by atoms with van der Waals surface area (Å²) in [5.41, 5.74) is 0.976. The van der Waals surface area contributed by atoms with Crippen molar-refractivity contribution in [2.24, 2.45) is 0 Å². The third-order valence-electron chi connectivity index (χ3n) is 5.77. The van der Waals surface area contributed by atoms with Crippen LogP contribution in [0.4, 0.5) is 5.13 Å². The smallest absolute Gasteiger partial charge is 0.276 e. The highest BCUT2D eigenvalue weighted by atomic mass is 32.1. The SMILES string of the molecule is COc1ccc(C(=O)CCC(=O)N2CCC(c3nc(C(=O)Nc4ncc(C)s4)cs3)CC2)cc1. The first-order valence-corrected chi connectivity index (χ1v) is 12.8. The number of anilines is 1.